The maximum atomic E-state index is 10.9. The number of hydrogen-bond donors (Lipinski definition) is 4. The van der Waals surface area contributed by atoms with Gasteiger partial charge in [0.25, 0.3) is 17.1 Å². The van der Waals surface area contributed by atoms with Crippen LogP contribution in [-0.4, -0.2) is 195 Å². The molecule has 4 aliphatic heterocycles. The number of hydrogen-bond acceptors (Lipinski definition) is 18. The van der Waals surface area contributed by atoms with Crippen molar-refractivity contribution in [3.8, 4) is 0 Å². The second-order valence-corrected chi connectivity index (χ2v) is 28.1. The largest absolute Gasteiger partial charge is 0.383 e. The summed E-state index contributed by atoms with van der Waals surface area (Å²) in [5, 5.41) is 44.6. The lowest BCUT2D eigenvalue weighted by Crippen LogP contribution is -2.37. The molecule has 580 valence electrons. The Kier molecular flexibility index (Phi) is 33.8. The molecule has 4 saturated heterocycles. The number of aromatic amines is 1. The first-order chi connectivity index (χ1) is 52.3. The SMILES string of the molecule is C1COCCN1.Cl.Cl.NC(=Nc1ccc2ccn(CCCN3CCOCC3)c2c1)c1cccs1.NC(=Nc1ccc2ccn(CCCN3CCOCC3)c2c1)c1cccs1.O=[N+]([O-])c1ccc2cc[nH]c2c1.O=[N+]([O-])c1ccc2ccn(CCCCl)c2c1.O=[N+]([O-])c1ccc2ccn(CCCN3CCOCC3)c2c1. The van der Waals surface area contributed by atoms with Gasteiger partial charge in [0.2, 0.25) is 0 Å². The molecule has 0 saturated carbocycles. The molecule has 4 fully saturated rings. The Hall–Kier alpha value is -9.11. The van der Waals surface area contributed by atoms with E-state index in [2.05, 4.69) is 97.5 Å². The number of nitro benzene ring substituents is 3. The van der Waals surface area contributed by atoms with Gasteiger partial charge in [0.15, 0.2) is 0 Å². The molecular formula is C78H95Cl3N16O10S2. The Bertz CT molecular complexity index is 4670. The number of benzene rings is 5. The third kappa shape index (κ3) is 25.2. The molecule has 0 atom stereocenters. The summed E-state index contributed by atoms with van der Waals surface area (Å²) in [5.41, 5.74) is 19.5. The van der Waals surface area contributed by atoms with Crippen LogP contribution < -0.4 is 16.8 Å². The molecule has 26 nitrogen and oxygen atoms in total. The number of fused-ring (bicyclic) bond motifs is 5. The van der Waals surface area contributed by atoms with Gasteiger partial charge < -0.3 is 59.0 Å². The minimum absolute atomic E-state index is 0. The molecule has 0 bridgehead atoms. The zero-order valence-corrected chi connectivity index (χ0v) is 64.8. The summed E-state index contributed by atoms with van der Waals surface area (Å²) >= 11 is 8.85. The van der Waals surface area contributed by atoms with Crippen molar-refractivity contribution in [1.29, 1.82) is 0 Å². The van der Waals surface area contributed by atoms with Gasteiger partial charge in [-0.05, 0) is 138 Å². The first kappa shape index (κ1) is 83.9. The zero-order valence-electron chi connectivity index (χ0n) is 60.8. The van der Waals surface area contributed by atoms with Crippen molar-refractivity contribution < 1.29 is 33.7 Å². The van der Waals surface area contributed by atoms with Gasteiger partial charge in [0, 0.05) is 182 Å². The number of nitrogens with zero attached hydrogens (tertiary/aromatic N) is 12. The maximum Gasteiger partial charge on any atom is 0.271 e. The Balaban J connectivity index is 0.000000156. The van der Waals surface area contributed by atoms with E-state index < -0.39 is 4.92 Å². The highest BCUT2D eigenvalue weighted by Crippen LogP contribution is 2.28. The van der Waals surface area contributed by atoms with Crippen LogP contribution in [0.3, 0.4) is 0 Å². The molecule has 4 aliphatic rings. The fourth-order valence-electron chi connectivity index (χ4n) is 12.8. The number of ether oxygens (including phenoxy) is 4. The number of nitro groups is 3. The lowest BCUT2D eigenvalue weighted by atomic mass is 10.2. The molecule has 6 N–H and O–H groups in total. The first-order valence-corrected chi connectivity index (χ1v) is 38.5. The quantitative estimate of drug-likeness (QED) is 0.0161. The van der Waals surface area contributed by atoms with Gasteiger partial charge in [-0.2, -0.15) is 0 Å². The average molecular weight is 1590 g/mol. The van der Waals surface area contributed by atoms with E-state index in [-0.39, 0.29) is 51.7 Å². The normalized spacial score (nSPS) is 15.0. The number of non-ortho nitro benzene ring substituents is 3. The number of alkyl halides is 1. The van der Waals surface area contributed by atoms with E-state index >= 15 is 0 Å². The van der Waals surface area contributed by atoms with E-state index in [1.54, 1.807) is 59.2 Å². The highest BCUT2D eigenvalue weighted by atomic mass is 35.5. The lowest BCUT2D eigenvalue weighted by Gasteiger charge is -2.26. The van der Waals surface area contributed by atoms with Gasteiger partial charge in [0.1, 0.15) is 11.7 Å². The summed E-state index contributed by atoms with van der Waals surface area (Å²) in [4.78, 5) is 52.2. The number of aromatic nitrogens is 5. The molecule has 0 amide bonds. The molecule has 0 radical (unpaired) electrons. The number of rotatable bonds is 22. The van der Waals surface area contributed by atoms with Crippen molar-refractivity contribution in [3.63, 3.8) is 0 Å². The number of nitrogens with one attached hydrogen (secondary N) is 2. The monoisotopic (exact) mass is 1580 g/mol. The number of aryl methyl sites for hydroxylation is 4. The van der Waals surface area contributed by atoms with Crippen molar-refractivity contribution >= 4 is 154 Å². The lowest BCUT2D eigenvalue weighted by molar-refractivity contribution is -0.384. The third-order valence-corrected chi connectivity index (χ3v) is 20.6. The van der Waals surface area contributed by atoms with Crippen LogP contribution in [0.1, 0.15) is 35.4 Å². The van der Waals surface area contributed by atoms with E-state index in [1.807, 2.05) is 88.4 Å². The minimum Gasteiger partial charge on any atom is -0.383 e. The van der Waals surface area contributed by atoms with Crippen molar-refractivity contribution in [2.75, 3.05) is 131 Å². The third-order valence-electron chi connectivity index (χ3n) is 18.6. The number of H-pyrrole nitrogens is 1. The van der Waals surface area contributed by atoms with Gasteiger partial charge in [0.05, 0.1) is 116 Å². The van der Waals surface area contributed by atoms with Crippen LogP contribution in [0.2, 0.25) is 0 Å². The standard InChI is InChI=1S/2C20H24N4OS.C15H19N3O3.C11H11ClN2O2.C8H6N2O2.C4H9NO.2ClH/c2*21-20(19-3-1-14-26-19)22-17-5-4-16-6-9-24(18(16)15-17)8-2-7-23-10-12-25-13-11-23;19-18(20)14-3-2-13-4-7-17(15(13)12-14)6-1-5-16-8-10-21-11-9-16;12-5-1-6-13-7-4-9-2-3-10(14(15)16)8-11(9)13;11-10(12)7-2-1-6-3-4-9-8(6)5-7;1-3-6-4-2-5-1;;/h2*1,3-6,9,14-15H,2,7-8,10-13H2,(H2,21,22);2-4,7,12H,1,5-6,8-11H2;2-4,7-8H,1,5-6H2;1-5,9H;5H,1-4H2;2*1H. The Morgan fingerprint density at radius 2 is 0.780 bits per heavy atom. The van der Waals surface area contributed by atoms with Gasteiger partial charge in [-0.15, -0.1) is 59.1 Å². The van der Waals surface area contributed by atoms with E-state index in [0.717, 1.165) is 231 Å². The predicted molar refractivity (Wildman–Crippen MR) is 445 cm³/mol. The minimum atomic E-state index is -0.402. The highest BCUT2D eigenvalue weighted by molar-refractivity contribution is 7.12. The number of thiophene rings is 2. The van der Waals surface area contributed by atoms with Crippen molar-refractivity contribution in [1.82, 2.24) is 43.3 Å². The summed E-state index contributed by atoms with van der Waals surface area (Å²) < 4.78 is 29.9. The van der Waals surface area contributed by atoms with Crippen molar-refractivity contribution in [2.45, 2.75) is 51.9 Å². The Labute approximate surface area is 658 Å². The molecule has 0 spiro atoms. The summed E-state index contributed by atoms with van der Waals surface area (Å²) in [6, 6.07) is 45.4. The molecule has 12 aromatic rings. The maximum absolute atomic E-state index is 10.9. The van der Waals surface area contributed by atoms with E-state index in [9.17, 15) is 30.3 Å². The molecule has 0 unspecified atom stereocenters. The number of halogens is 3. The molecule has 31 heteroatoms. The summed E-state index contributed by atoms with van der Waals surface area (Å²) in [5.74, 6) is 1.74. The summed E-state index contributed by atoms with van der Waals surface area (Å²) in [6.07, 6.45) is 14.2. The van der Waals surface area contributed by atoms with Crippen LogP contribution in [0, 0.1) is 30.3 Å². The van der Waals surface area contributed by atoms with Gasteiger partial charge in [-0.3, -0.25) is 45.0 Å². The first-order valence-electron chi connectivity index (χ1n) is 36.2. The second-order valence-electron chi connectivity index (χ2n) is 25.8. The van der Waals surface area contributed by atoms with Crippen molar-refractivity contribution in [2.24, 2.45) is 21.5 Å². The van der Waals surface area contributed by atoms with Gasteiger partial charge >= 0.3 is 0 Å². The molecular weight excluding hydrogens is 1490 g/mol. The fraction of sp³-hybridized carbons (Fsp3) is 0.359. The molecule has 109 heavy (non-hydrogen) atoms. The van der Waals surface area contributed by atoms with E-state index in [4.69, 9.17) is 42.0 Å². The van der Waals surface area contributed by atoms with Crippen LogP contribution in [0.5, 0.6) is 0 Å². The van der Waals surface area contributed by atoms with Crippen LogP contribution in [-0.2, 0) is 45.1 Å². The molecule has 7 aromatic heterocycles. The molecule has 0 aliphatic carbocycles. The van der Waals surface area contributed by atoms with E-state index in [0.29, 0.717) is 17.6 Å². The topological polar surface area (TPSA) is 300 Å². The van der Waals surface area contributed by atoms with Crippen molar-refractivity contribution in [3.05, 3.63) is 227 Å². The van der Waals surface area contributed by atoms with Crippen LogP contribution in [0.25, 0.3) is 54.5 Å². The fourth-order valence-corrected chi connectivity index (χ4v) is 14.2. The smallest absolute Gasteiger partial charge is 0.271 e. The number of amidine groups is 2. The van der Waals surface area contributed by atoms with Gasteiger partial charge in [-0.25, -0.2) is 9.98 Å². The second kappa shape index (κ2) is 43.9. The number of nitrogens with two attached hydrogens (primary N) is 2. The number of aliphatic imine (C=N–C) groups is 2. The predicted octanol–water partition coefficient (Wildman–Crippen LogP) is 14.9. The molecule has 16 rings (SSSR count). The van der Waals surface area contributed by atoms with Crippen LogP contribution in [0.4, 0.5) is 28.4 Å². The number of morpholine rings is 4. The van der Waals surface area contributed by atoms with Crippen LogP contribution >= 0.6 is 59.1 Å². The Morgan fingerprint density at radius 1 is 0.431 bits per heavy atom. The van der Waals surface area contributed by atoms with Crippen LogP contribution in [0.15, 0.2) is 197 Å². The Morgan fingerprint density at radius 3 is 1.12 bits per heavy atom. The van der Waals surface area contributed by atoms with Gasteiger partial charge in [-0.1, -0.05) is 24.3 Å². The molecule has 11 heterocycles. The van der Waals surface area contributed by atoms with E-state index in [1.165, 1.54) is 40.0 Å². The highest BCUT2D eigenvalue weighted by Gasteiger charge is 2.16. The summed E-state index contributed by atoms with van der Waals surface area (Å²) in [6.45, 7) is 22.1. The zero-order chi connectivity index (χ0) is 74.5. The average Bonchev–Trinajstić information content (AvgIpc) is 1.71. The molecule has 5 aromatic carbocycles. The summed E-state index contributed by atoms with van der Waals surface area (Å²) in [7, 11) is 0.